The second kappa shape index (κ2) is 4.90. The first-order valence-corrected chi connectivity index (χ1v) is 5.22. The number of nitrogens with two attached hydrogens (primary N) is 1. The van der Waals surface area contributed by atoms with E-state index in [9.17, 15) is 4.79 Å². The molecule has 0 bridgehead atoms. The Bertz CT molecular complexity index is 324. The molecule has 3 N–H and O–H groups in total. The molecule has 0 fully saturated rings. The Balaban J connectivity index is 2.45. The highest BCUT2D eigenvalue weighted by Gasteiger charge is 2.08. The minimum absolute atomic E-state index is 0.238. The zero-order chi connectivity index (χ0) is 10.6. The monoisotopic (exact) mass is 215 g/mol. The Morgan fingerprint density at radius 1 is 1.71 bits per heavy atom. The van der Waals surface area contributed by atoms with Crippen LogP contribution >= 0.6 is 11.8 Å². The number of aromatic nitrogens is 2. The fourth-order valence-electron chi connectivity index (χ4n) is 0.929. The molecule has 1 heterocycles. The van der Waals surface area contributed by atoms with Crippen LogP contribution in [0.25, 0.3) is 0 Å². The topological polar surface area (TPSA) is 81.0 Å². The van der Waals surface area contributed by atoms with E-state index in [-0.39, 0.29) is 11.7 Å². The highest BCUT2D eigenvalue weighted by atomic mass is 32.2. The van der Waals surface area contributed by atoms with Gasteiger partial charge in [0.2, 0.25) is 0 Å². The van der Waals surface area contributed by atoms with Crippen molar-refractivity contribution in [3.63, 3.8) is 0 Å². The molecule has 0 aliphatic heterocycles. The smallest absolute Gasteiger partial charge is 0.316 e. The lowest BCUT2D eigenvalue weighted by Crippen LogP contribution is -2.06. The van der Waals surface area contributed by atoms with E-state index in [2.05, 4.69) is 9.97 Å². The van der Waals surface area contributed by atoms with Crippen LogP contribution in [0.1, 0.15) is 12.7 Å². The minimum Gasteiger partial charge on any atom is -0.465 e. The number of hydrogen-bond donors (Lipinski definition) is 2. The summed E-state index contributed by atoms with van der Waals surface area (Å²) in [5.41, 5.74) is 5.61. The molecule has 0 radical (unpaired) electrons. The minimum atomic E-state index is -0.252. The fraction of sp³-hybridized carbons (Fsp3) is 0.500. The average molecular weight is 215 g/mol. The van der Waals surface area contributed by atoms with Crippen LogP contribution in [-0.2, 0) is 9.53 Å². The van der Waals surface area contributed by atoms with Crippen LogP contribution in [0.4, 0.5) is 5.82 Å². The Morgan fingerprint density at radius 2 is 2.43 bits per heavy atom. The average Bonchev–Trinajstić information content (AvgIpc) is 2.42. The molecule has 0 aliphatic carbocycles. The highest BCUT2D eigenvalue weighted by molar-refractivity contribution is 8.00. The van der Waals surface area contributed by atoms with Gasteiger partial charge in [-0.1, -0.05) is 11.8 Å². The summed E-state index contributed by atoms with van der Waals surface area (Å²) in [5, 5.41) is 0.649. The molecule has 5 nitrogen and oxygen atoms in total. The molecule has 78 valence electrons. The summed E-state index contributed by atoms with van der Waals surface area (Å²) in [4.78, 5) is 18.0. The quantitative estimate of drug-likeness (QED) is 0.577. The number of nitrogens with zero attached hydrogens (tertiary/aromatic N) is 1. The van der Waals surface area contributed by atoms with Gasteiger partial charge in [-0.3, -0.25) is 4.79 Å². The number of anilines is 1. The Kier molecular flexibility index (Phi) is 3.82. The SMILES string of the molecule is CCOC(=O)CSc1nc(C)[nH]c1N. The number of carbonyl (C=O) groups excluding carboxylic acids is 1. The predicted octanol–water partition coefficient (Wildman–Crippen LogP) is 0.956. The maximum Gasteiger partial charge on any atom is 0.316 e. The first kappa shape index (κ1) is 10.9. The van der Waals surface area contributed by atoms with Crippen LogP contribution in [0.5, 0.6) is 0 Å². The lowest BCUT2D eigenvalue weighted by Gasteiger charge is -1.99. The number of nitrogen functional groups attached to an aromatic ring is 1. The van der Waals surface area contributed by atoms with Crippen LogP contribution in [0.3, 0.4) is 0 Å². The van der Waals surface area contributed by atoms with Gasteiger partial charge in [-0.05, 0) is 13.8 Å². The maximum atomic E-state index is 11.0. The number of imidazole rings is 1. The Labute approximate surface area is 86.4 Å². The van der Waals surface area contributed by atoms with Gasteiger partial charge in [-0.15, -0.1) is 0 Å². The molecule has 0 aliphatic rings. The Hall–Kier alpha value is -1.17. The molecular weight excluding hydrogens is 202 g/mol. The van der Waals surface area contributed by atoms with Gasteiger partial charge in [-0.2, -0.15) is 0 Å². The largest absolute Gasteiger partial charge is 0.465 e. The molecule has 1 rings (SSSR count). The first-order valence-electron chi connectivity index (χ1n) is 4.24. The van der Waals surface area contributed by atoms with Crippen molar-refractivity contribution in [2.75, 3.05) is 18.1 Å². The predicted molar refractivity (Wildman–Crippen MR) is 55.1 cm³/mol. The maximum absolute atomic E-state index is 11.0. The molecule has 14 heavy (non-hydrogen) atoms. The number of H-pyrrole nitrogens is 1. The summed E-state index contributed by atoms with van der Waals surface area (Å²) in [6.45, 7) is 3.98. The molecule has 1 aromatic rings. The molecular formula is C8H13N3O2S. The lowest BCUT2D eigenvalue weighted by molar-refractivity contribution is -0.139. The van der Waals surface area contributed by atoms with Crippen molar-refractivity contribution in [2.24, 2.45) is 0 Å². The second-order valence-electron chi connectivity index (χ2n) is 2.63. The summed E-state index contributed by atoms with van der Waals surface area (Å²) < 4.78 is 4.77. The second-order valence-corrected chi connectivity index (χ2v) is 3.60. The van der Waals surface area contributed by atoms with E-state index in [1.807, 2.05) is 6.92 Å². The van der Waals surface area contributed by atoms with Gasteiger partial charge in [0.1, 0.15) is 16.7 Å². The number of aromatic amines is 1. The van der Waals surface area contributed by atoms with Crippen LogP contribution in [0.15, 0.2) is 5.03 Å². The number of hydrogen-bond acceptors (Lipinski definition) is 5. The zero-order valence-corrected chi connectivity index (χ0v) is 8.98. The number of aryl methyl sites for hydroxylation is 1. The van der Waals surface area contributed by atoms with Crippen molar-refractivity contribution in [3.8, 4) is 0 Å². The van der Waals surface area contributed by atoms with Gasteiger partial charge in [0.15, 0.2) is 0 Å². The van der Waals surface area contributed by atoms with Crippen LogP contribution in [0, 0.1) is 6.92 Å². The molecule has 0 saturated carbocycles. The normalized spacial score (nSPS) is 10.1. The van der Waals surface area contributed by atoms with Crippen molar-refractivity contribution < 1.29 is 9.53 Å². The summed E-state index contributed by atoms with van der Waals surface area (Å²) >= 11 is 1.27. The molecule has 6 heteroatoms. The summed E-state index contributed by atoms with van der Waals surface area (Å²) in [7, 11) is 0. The summed E-state index contributed by atoms with van der Waals surface area (Å²) in [5.74, 6) is 1.23. The van der Waals surface area contributed by atoms with Gasteiger partial charge >= 0.3 is 5.97 Å². The number of ether oxygens (including phenoxy) is 1. The molecule has 0 spiro atoms. The molecule has 0 atom stereocenters. The van der Waals surface area contributed by atoms with Crippen molar-refractivity contribution in [1.29, 1.82) is 0 Å². The van der Waals surface area contributed by atoms with Gasteiger partial charge in [0.25, 0.3) is 0 Å². The molecule has 0 saturated heterocycles. The van der Waals surface area contributed by atoms with Crippen LogP contribution in [0.2, 0.25) is 0 Å². The van der Waals surface area contributed by atoms with E-state index in [1.54, 1.807) is 6.92 Å². The molecule has 0 amide bonds. The number of esters is 1. The summed E-state index contributed by atoms with van der Waals surface area (Å²) in [6, 6.07) is 0. The van der Waals surface area contributed by atoms with Crippen LogP contribution in [-0.4, -0.2) is 28.3 Å². The van der Waals surface area contributed by atoms with E-state index in [1.165, 1.54) is 11.8 Å². The van der Waals surface area contributed by atoms with E-state index < -0.39 is 0 Å². The van der Waals surface area contributed by atoms with Crippen molar-refractivity contribution >= 4 is 23.5 Å². The van der Waals surface area contributed by atoms with E-state index in [4.69, 9.17) is 10.5 Å². The zero-order valence-electron chi connectivity index (χ0n) is 8.16. The van der Waals surface area contributed by atoms with Crippen LogP contribution < -0.4 is 5.73 Å². The van der Waals surface area contributed by atoms with E-state index in [0.717, 1.165) is 5.82 Å². The molecule has 0 unspecified atom stereocenters. The molecule has 1 aromatic heterocycles. The summed E-state index contributed by atoms with van der Waals surface area (Å²) in [6.07, 6.45) is 0. The third-order valence-corrected chi connectivity index (χ3v) is 2.41. The van der Waals surface area contributed by atoms with Gasteiger partial charge < -0.3 is 15.5 Å². The first-order chi connectivity index (χ1) is 6.63. The van der Waals surface area contributed by atoms with Gasteiger partial charge in [-0.25, -0.2) is 4.98 Å². The van der Waals surface area contributed by atoms with Crippen molar-refractivity contribution in [2.45, 2.75) is 18.9 Å². The van der Waals surface area contributed by atoms with Gasteiger partial charge in [0.05, 0.1) is 12.4 Å². The Morgan fingerprint density at radius 3 is 2.93 bits per heavy atom. The number of rotatable bonds is 4. The lowest BCUT2D eigenvalue weighted by atomic mass is 10.7. The third kappa shape index (κ3) is 2.95. The number of nitrogens with one attached hydrogen (secondary N) is 1. The number of thioether (sulfide) groups is 1. The molecule has 0 aromatic carbocycles. The fourth-order valence-corrected chi connectivity index (χ4v) is 1.67. The van der Waals surface area contributed by atoms with E-state index in [0.29, 0.717) is 17.5 Å². The van der Waals surface area contributed by atoms with E-state index >= 15 is 0 Å². The van der Waals surface area contributed by atoms with Crippen molar-refractivity contribution in [1.82, 2.24) is 9.97 Å². The van der Waals surface area contributed by atoms with Gasteiger partial charge in [0, 0.05) is 0 Å². The number of carbonyl (C=O) groups is 1. The third-order valence-electron chi connectivity index (χ3n) is 1.45. The standard InChI is InChI=1S/C8H13N3O2S/c1-3-13-6(12)4-14-8-7(9)10-5(2)11-8/h3-4,9H2,1-2H3,(H,10,11). The van der Waals surface area contributed by atoms with Crippen molar-refractivity contribution in [3.05, 3.63) is 5.82 Å². The highest BCUT2D eigenvalue weighted by Crippen LogP contribution is 2.21.